The summed E-state index contributed by atoms with van der Waals surface area (Å²) in [5, 5.41) is 14.2. The predicted molar refractivity (Wildman–Crippen MR) is 93.4 cm³/mol. The Morgan fingerprint density at radius 2 is 1.96 bits per heavy atom. The van der Waals surface area contributed by atoms with Gasteiger partial charge in [0.25, 0.3) is 0 Å². The first-order valence-electron chi connectivity index (χ1n) is 8.18. The molecule has 2 aromatic rings. The Hall–Kier alpha value is -2.34. The quantitative estimate of drug-likeness (QED) is 0.886. The van der Waals surface area contributed by atoms with E-state index in [4.69, 9.17) is 11.6 Å². The molecule has 132 valence electrons. The van der Waals surface area contributed by atoms with Crippen molar-refractivity contribution in [2.24, 2.45) is 13.0 Å². The van der Waals surface area contributed by atoms with E-state index >= 15 is 0 Å². The fourth-order valence-corrected chi connectivity index (χ4v) is 3.47. The highest BCUT2D eigenvalue weighted by atomic mass is 35.5. The van der Waals surface area contributed by atoms with Gasteiger partial charge in [0, 0.05) is 49.4 Å². The molecule has 25 heavy (non-hydrogen) atoms. The maximum Gasteiger partial charge on any atom is 0.308 e. The minimum atomic E-state index is -0.873. The molecule has 1 aliphatic rings. The summed E-state index contributed by atoms with van der Waals surface area (Å²) < 4.78 is 1.74. The summed E-state index contributed by atoms with van der Waals surface area (Å²) >= 11 is 5.91. The summed E-state index contributed by atoms with van der Waals surface area (Å²) in [7, 11) is 1.84. The van der Waals surface area contributed by atoms with Crippen LogP contribution in [0.15, 0.2) is 36.5 Å². The van der Waals surface area contributed by atoms with E-state index < -0.39 is 11.9 Å². The molecule has 1 amide bonds. The van der Waals surface area contributed by atoms with Gasteiger partial charge >= 0.3 is 5.97 Å². The number of carbonyl (C=O) groups excluding carboxylic acids is 1. The van der Waals surface area contributed by atoms with Gasteiger partial charge in [-0.1, -0.05) is 23.7 Å². The van der Waals surface area contributed by atoms with Gasteiger partial charge in [-0.25, -0.2) is 0 Å². The number of carboxylic acids is 1. The zero-order chi connectivity index (χ0) is 18.0. The molecule has 1 fully saturated rings. The van der Waals surface area contributed by atoms with Gasteiger partial charge in [-0.05, 0) is 30.2 Å². The van der Waals surface area contributed by atoms with Crippen LogP contribution in [-0.2, 0) is 23.1 Å². The number of hydrogen-bond acceptors (Lipinski definition) is 3. The second kappa shape index (κ2) is 7.27. The molecule has 2 atom stereocenters. The summed E-state index contributed by atoms with van der Waals surface area (Å²) in [6.45, 7) is 0.662. The van der Waals surface area contributed by atoms with Gasteiger partial charge in [-0.15, -0.1) is 0 Å². The van der Waals surface area contributed by atoms with Gasteiger partial charge < -0.3 is 10.0 Å². The van der Waals surface area contributed by atoms with Crippen LogP contribution < -0.4 is 0 Å². The number of carbonyl (C=O) groups is 2. The number of benzene rings is 1. The van der Waals surface area contributed by atoms with Crippen molar-refractivity contribution in [2.45, 2.75) is 18.8 Å². The number of aromatic nitrogens is 2. The van der Waals surface area contributed by atoms with E-state index in [9.17, 15) is 14.7 Å². The monoisotopic (exact) mass is 361 g/mol. The number of rotatable bonds is 5. The molecule has 1 aromatic heterocycles. The molecule has 2 heterocycles. The molecule has 0 saturated carbocycles. The van der Waals surface area contributed by atoms with Crippen LogP contribution in [0.5, 0.6) is 0 Å². The molecule has 0 radical (unpaired) electrons. The average Bonchev–Trinajstić information content (AvgIpc) is 3.20. The second-order valence-electron chi connectivity index (χ2n) is 6.35. The average molecular weight is 362 g/mol. The summed E-state index contributed by atoms with van der Waals surface area (Å²) in [6.07, 6.45) is 2.64. The first-order valence-corrected chi connectivity index (χ1v) is 8.56. The molecular formula is C18H20ClN3O3. The lowest BCUT2D eigenvalue weighted by Crippen LogP contribution is -2.30. The van der Waals surface area contributed by atoms with Crippen LogP contribution >= 0.6 is 11.6 Å². The first-order chi connectivity index (χ1) is 12.0. The number of nitrogens with zero attached hydrogens (tertiary/aromatic N) is 3. The lowest BCUT2D eigenvalue weighted by molar-refractivity contribution is -0.141. The Labute approximate surface area is 151 Å². The predicted octanol–water partition coefficient (Wildman–Crippen LogP) is 2.33. The zero-order valence-corrected chi connectivity index (χ0v) is 14.7. The largest absolute Gasteiger partial charge is 0.481 e. The molecule has 0 spiro atoms. The molecule has 1 N–H and O–H groups in total. The maximum atomic E-state index is 12.5. The maximum absolute atomic E-state index is 12.5. The van der Waals surface area contributed by atoms with Crippen molar-refractivity contribution in [1.82, 2.24) is 14.7 Å². The lowest BCUT2D eigenvalue weighted by atomic mass is 9.89. The van der Waals surface area contributed by atoms with Crippen molar-refractivity contribution in [3.05, 3.63) is 52.8 Å². The van der Waals surface area contributed by atoms with Crippen molar-refractivity contribution in [2.75, 3.05) is 13.1 Å². The third-order valence-electron chi connectivity index (χ3n) is 4.81. The van der Waals surface area contributed by atoms with Crippen molar-refractivity contribution in [3.63, 3.8) is 0 Å². The van der Waals surface area contributed by atoms with Crippen molar-refractivity contribution >= 4 is 23.5 Å². The highest BCUT2D eigenvalue weighted by Gasteiger charge is 2.40. The third-order valence-corrected chi connectivity index (χ3v) is 5.06. The molecule has 0 bridgehead atoms. The molecule has 3 rings (SSSR count). The Bertz CT molecular complexity index is 772. The number of aliphatic carboxylic acids is 1. The lowest BCUT2D eigenvalue weighted by Gasteiger charge is -2.16. The SMILES string of the molecule is Cn1nccc1CCC(=O)N1C[C@@H](C(=O)O)[C@H](c2ccc(Cl)cc2)C1. The van der Waals surface area contributed by atoms with Gasteiger partial charge in [0.05, 0.1) is 5.92 Å². The number of likely N-dealkylation sites (tertiary alicyclic amines) is 1. The summed E-state index contributed by atoms with van der Waals surface area (Å²) in [6, 6.07) is 9.07. The van der Waals surface area contributed by atoms with Gasteiger partial charge in [0.2, 0.25) is 5.91 Å². The van der Waals surface area contributed by atoms with Crippen LogP contribution in [0.2, 0.25) is 5.02 Å². The van der Waals surface area contributed by atoms with Gasteiger partial charge in [-0.2, -0.15) is 5.10 Å². The highest BCUT2D eigenvalue weighted by molar-refractivity contribution is 6.30. The van der Waals surface area contributed by atoms with Crippen molar-refractivity contribution in [1.29, 1.82) is 0 Å². The van der Waals surface area contributed by atoms with Crippen LogP contribution in [0, 0.1) is 5.92 Å². The minimum Gasteiger partial charge on any atom is -0.481 e. The van der Waals surface area contributed by atoms with E-state index in [0.29, 0.717) is 24.4 Å². The minimum absolute atomic E-state index is 0.0242. The van der Waals surface area contributed by atoms with Gasteiger partial charge in [0.15, 0.2) is 0 Å². The molecule has 7 heteroatoms. The molecule has 6 nitrogen and oxygen atoms in total. The number of aryl methyl sites for hydroxylation is 2. The molecule has 0 aliphatic carbocycles. The first kappa shape index (κ1) is 17.5. The number of amides is 1. The fourth-order valence-electron chi connectivity index (χ4n) is 3.35. The van der Waals surface area contributed by atoms with E-state index in [1.165, 1.54) is 0 Å². The standard InChI is InChI=1S/C18H20ClN3O3/c1-21-14(8-9-20-21)6-7-17(23)22-10-15(16(11-22)18(24)25)12-2-4-13(19)5-3-12/h2-5,8-9,15-16H,6-7,10-11H2,1H3,(H,24,25)/t15-,16+/m0/s1. The number of carboxylic acid groups (broad SMARTS) is 1. The fraction of sp³-hybridized carbons (Fsp3) is 0.389. The Kier molecular flexibility index (Phi) is 5.08. The van der Waals surface area contributed by atoms with Crippen LogP contribution in [0.1, 0.15) is 23.6 Å². The van der Waals surface area contributed by atoms with Gasteiger partial charge in [-0.3, -0.25) is 14.3 Å². The van der Waals surface area contributed by atoms with Crippen molar-refractivity contribution < 1.29 is 14.7 Å². The summed E-state index contributed by atoms with van der Waals surface area (Å²) in [5.74, 6) is -1.71. The van der Waals surface area contributed by atoms with E-state index in [1.807, 2.05) is 25.2 Å². The van der Waals surface area contributed by atoms with E-state index in [1.54, 1.807) is 27.9 Å². The van der Waals surface area contributed by atoms with Crippen molar-refractivity contribution in [3.8, 4) is 0 Å². The zero-order valence-electron chi connectivity index (χ0n) is 13.9. The van der Waals surface area contributed by atoms with E-state index in [2.05, 4.69) is 5.10 Å². The summed E-state index contributed by atoms with van der Waals surface area (Å²) in [4.78, 5) is 25.8. The molecule has 1 aromatic carbocycles. The topological polar surface area (TPSA) is 75.4 Å². The normalized spacial score (nSPS) is 20.0. The molecular weight excluding hydrogens is 342 g/mol. The van der Waals surface area contributed by atoms with Crippen LogP contribution in [0.3, 0.4) is 0 Å². The molecule has 1 saturated heterocycles. The Morgan fingerprint density at radius 1 is 1.24 bits per heavy atom. The molecule has 1 aliphatic heterocycles. The Balaban J connectivity index is 1.68. The van der Waals surface area contributed by atoms with E-state index in [0.717, 1.165) is 11.3 Å². The number of hydrogen-bond donors (Lipinski definition) is 1. The molecule has 0 unspecified atom stereocenters. The van der Waals surface area contributed by atoms with E-state index in [-0.39, 0.29) is 18.4 Å². The van der Waals surface area contributed by atoms with Crippen LogP contribution in [0.25, 0.3) is 0 Å². The second-order valence-corrected chi connectivity index (χ2v) is 6.78. The summed E-state index contributed by atoms with van der Waals surface area (Å²) in [5.41, 5.74) is 1.88. The van der Waals surface area contributed by atoms with Crippen LogP contribution in [-0.4, -0.2) is 44.8 Å². The third kappa shape index (κ3) is 3.85. The smallest absolute Gasteiger partial charge is 0.308 e. The Morgan fingerprint density at radius 3 is 2.56 bits per heavy atom. The highest BCUT2D eigenvalue weighted by Crippen LogP contribution is 2.34. The van der Waals surface area contributed by atoms with Crippen LogP contribution in [0.4, 0.5) is 0 Å². The number of halogens is 1. The van der Waals surface area contributed by atoms with Gasteiger partial charge in [0.1, 0.15) is 0 Å².